The van der Waals surface area contributed by atoms with Gasteiger partial charge in [0.25, 0.3) is 0 Å². The maximum absolute atomic E-state index is 12.1. The van der Waals surface area contributed by atoms with Crippen molar-refractivity contribution in [3.05, 3.63) is 39.7 Å². The number of hydrogen-bond donors (Lipinski definition) is 4. The Kier molecular flexibility index (Phi) is 3.68. The van der Waals surface area contributed by atoms with Crippen LogP contribution in [0.25, 0.3) is 11.0 Å². The van der Waals surface area contributed by atoms with E-state index >= 15 is 0 Å². The number of aliphatic hydroxyl groups excluding tert-OH is 1. The Morgan fingerprint density at radius 1 is 1.35 bits per heavy atom. The zero-order chi connectivity index (χ0) is 15.1. The number of phosphoric acid groups is 1. The molecule has 1 heterocycles. The van der Waals surface area contributed by atoms with E-state index in [4.69, 9.17) is 14.2 Å². The molecule has 9 heteroatoms. The molecule has 0 aliphatic rings. The number of aromatic hydroxyl groups is 1. The van der Waals surface area contributed by atoms with Crippen LogP contribution in [0, 0.1) is 6.92 Å². The fraction of sp³-hybridized carbons (Fsp3) is 0.182. The molecule has 0 fully saturated rings. The van der Waals surface area contributed by atoms with E-state index in [9.17, 15) is 19.6 Å². The maximum Gasteiger partial charge on any atom is 0.472 e. The minimum absolute atomic E-state index is 0.0474. The number of aliphatic hydroxyl groups is 1. The van der Waals surface area contributed by atoms with Crippen LogP contribution in [-0.2, 0) is 9.09 Å². The summed E-state index contributed by atoms with van der Waals surface area (Å²) in [6.45, 7) is 1.53. The summed E-state index contributed by atoms with van der Waals surface area (Å²) in [5.41, 5.74) is -0.722. The van der Waals surface area contributed by atoms with Crippen molar-refractivity contribution in [2.45, 2.75) is 13.2 Å². The number of phenolic OH excluding ortho intramolecular Hbond substituents is 1. The number of hydrogen-bond acceptors (Lipinski definition) is 6. The lowest BCUT2D eigenvalue weighted by molar-refractivity contribution is -0.0403. The van der Waals surface area contributed by atoms with Gasteiger partial charge >= 0.3 is 7.82 Å². The molecule has 1 aromatic heterocycles. The topological polar surface area (TPSA) is 137 Å². The predicted molar refractivity (Wildman–Crippen MR) is 67.0 cm³/mol. The minimum Gasteiger partial charge on any atom is -0.508 e. The number of phosphoric ester groups is 1. The van der Waals surface area contributed by atoms with Crippen molar-refractivity contribution in [1.29, 1.82) is 0 Å². The Balaban J connectivity index is 2.59. The molecule has 0 spiro atoms. The molecule has 1 unspecified atom stereocenters. The van der Waals surface area contributed by atoms with E-state index in [1.54, 1.807) is 0 Å². The first-order chi connectivity index (χ1) is 9.20. The Hall–Kier alpha value is -1.70. The average Bonchev–Trinajstić information content (AvgIpc) is 2.32. The highest BCUT2D eigenvalue weighted by molar-refractivity contribution is 7.46. The largest absolute Gasteiger partial charge is 0.508 e. The second kappa shape index (κ2) is 5.01. The molecule has 4 N–H and O–H groups in total. The van der Waals surface area contributed by atoms with Crippen molar-refractivity contribution in [2.75, 3.05) is 0 Å². The van der Waals surface area contributed by atoms with Crippen LogP contribution in [0.3, 0.4) is 0 Å². The van der Waals surface area contributed by atoms with Crippen molar-refractivity contribution in [3.63, 3.8) is 0 Å². The van der Waals surface area contributed by atoms with Gasteiger partial charge in [0.2, 0.25) is 5.43 Å². The molecule has 0 amide bonds. The molecular weight excluding hydrogens is 291 g/mol. The lowest BCUT2D eigenvalue weighted by Crippen LogP contribution is -2.15. The normalized spacial score (nSPS) is 13.6. The van der Waals surface area contributed by atoms with Gasteiger partial charge in [0.15, 0.2) is 6.29 Å². The summed E-state index contributed by atoms with van der Waals surface area (Å²) in [5.74, 6) is -0.0691. The summed E-state index contributed by atoms with van der Waals surface area (Å²) in [6.07, 6.45) is -1.29. The zero-order valence-electron chi connectivity index (χ0n) is 10.2. The van der Waals surface area contributed by atoms with Gasteiger partial charge in [0.1, 0.15) is 17.6 Å². The standard InChI is InChI=1S/C11H11O8P/c1-5-8(12)3-2-6-9(13)7(4-18-10(5)6)11(14)19-20(15,16)17/h2-4,11-12,14H,1H3,(H2,15,16,17). The van der Waals surface area contributed by atoms with Gasteiger partial charge in [-0.3, -0.25) is 9.32 Å². The van der Waals surface area contributed by atoms with Crippen LogP contribution in [0.1, 0.15) is 17.4 Å². The smallest absolute Gasteiger partial charge is 0.472 e. The average molecular weight is 302 g/mol. The maximum atomic E-state index is 12.1. The number of phenols is 1. The summed E-state index contributed by atoms with van der Waals surface area (Å²) in [4.78, 5) is 29.3. The molecular formula is C11H11O8P. The van der Waals surface area contributed by atoms with Crippen LogP contribution in [0.4, 0.5) is 0 Å². The number of benzene rings is 1. The van der Waals surface area contributed by atoms with Crippen LogP contribution in [0.15, 0.2) is 27.6 Å². The first-order valence-corrected chi connectivity index (χ1v) is 6.89. The van der Waals surface area contributed by atoms with E-state index in [-0.39, 0.29) is 16.7 Å². The van der Waals surface area contributed by atoms with Crippen molar-refractivity contribution in [2.24, 2.45) is 0 Å². The van der Waals surface area contributed by atoms with Crippen LogP contribution >= 0.6 is 7.82 Å². The van der Waals surface area contributed by atoms with Gasteiger partial charge in [-0.05, 0) is 19.1 Å². The third-order valence-corrected chi connectivity index (χ3v) is 3.17. The quantitative estimate of drug-likeness (QED) is 0.485. The molecule has 1 aromatic carbocycles. The van der Waals surface area contributed by atoms with Gasteiger partial charge in [-0.1, -0.05) is 0 Å². The van der Waals surface area contributed by atoms with E-state index in [1.807, 2.05) is 0 Å². The van der Waals surface area contributed by atoms with E-state index in [1.165, 1.54) is 19.1 Å². The Labute approximate surface area is 112 Å². The molecule has 8 nitrogen and oxygen atoms in total. The SMILES string of the molecule is Cc1c(O)ccc2c(=O)c(C(O)OP(=O)(O)O)coc12. The highest BCUT2D eigenvalue weighted by Crippen LogP contribution is 2.41. The first-order valence-electron chi connectivity index (χ1n) is 5.36. The summed E-state index contributed by atoms with van der Waals surface area (Å²) in [6, 6.07) is 2.55. The summed E-state index contributed by atoms with van der Waals surface area (Å²) < 4.78 is 19.8. The van der Waals surface area contributed by atoms with Crippen LogP contribution in [0.5, 0.6) is 5.75 Å². The molecule has 0 saturated carbocycles. The van der Waals surface area contributed by atoms with Gasteiger partial charge in [0, 0.05) is 5.56 Å². The predicted octanol–water partition coefficient (Wildman–Crippen LogP) is 0.907. The molecule has 0 aliphatic carbocycles. The second-order valence-electron chi connectivity index (χ2n) is 4.05. The molecule has 0 bridgehead atoms. The molecule has 2 rings (SSSR count). The monoisotopic (exact) mass is 302 g/mol. The second-order valence-corrected chi connectivity index (χ2v) is 5.25. The third-order valence-electron chi connectivity index (χ3n) is 2.69. The molecule has 108 valence electrons. The van der Waals surface area contributed by atoms with Gasteiger partial charge in [0.05, 0.1) is 10.9 Å². The van der Waals surface area contributed by atoms with Crippen LogP contribution in [-0.4, -0.2) is 20.0 Å². The molecule has 0 aliphatic heterocycles. The van der Waals surface area contributed by atoms with Crippen LogP contribution < -0.4 is 5.43 Å². The Morgan fingerprint density at radius 2 is 2.00 bits per heavy atom. The van der Waals surface area contributed by atoms with Gasteiger partial charge in [-0.15, -0.1) is 0 Å². The molecule has 0 saturated heterocycles. The van der Waals surface area contributed by atoms with E-state index in [0.717, 1.165) is 6.26 Å². The minimum atomic E-state index is -4.96. The van der Waals surface area contributed by atoms with Crippen molar-refractivity contribution >= 4 is 18.8 Å². The molecule has 1 atom stereocenters. The number of aryl methyl sites for hydroxylation is 1. The summed E-state index contributed by atoms with van der Waals surface area (Å²) in [7, 11) is -4.96. The highest BCUT2D eigenvalue weighted by Gasteiger charge is 2.25. The Bertz CT molecular complexity index is 759. The summed E-state index contributed by atoms with van der Waals surface area (Å²) in [5, 5.41) is 19.0. The Morgan fingerprint density at radius 3 is 2.60 bits per heavy atom. The highest BCUT2D eigenvalue weighted by atomic mass is 31.2. The molecule has 0 radical (unpaired) electrons. The van der Waals surface area contributed by atoms with Gasteiger partial charge < -0.3 is 24.4 Å². The van der Waals surface area contributed by atoms with Crippen molar-refractivity contribution < 1.29 is 33.5 Å². The fourth-order valence-electron chi connectivity index (χ4n) is 1.70. The fourth-order valence-corrected chi connectivity index (χ4v) is 2.07. The van der Waals surface area contributed by atoms with E-state index in [0.29, 0.717) is 5.56 Å². The summed E-state index contributed by atoms with van der Waals surface area (Å²) >= 11 is 0. The first kappa shape index (κ1) is 14.7. The zero-order valence-corrected chi connectivity index (χ0v) is 11.1. The number of fused-ring (bicyclic) bond motifs is 1. The van der Waals surface area contributed by atoms with Gasteiger partial charge in [-0.25, -0.2) is 4.57 Å². The lowest BCUT2D eigenvalue weighted by atomic mass is 10.1. The lowest BCUT2D eigenvalue weighted by Gasteiger charge is -2.12. The van der Waals surface area contributed by atoms with E-state index < -0.39 is 25.1 Å². The third kappa shape index (κ3) is 2.74. The molecule has 2 aromatic rings. The van der Waals surface area contributed by atoms with Crippen LogP contribution in [0.2, 0.25) is 0 Å². The number of rotatable bonds is 3. The van der Waals surface area contributed by atoms with E-state index in [2.05, 4.69) is 4.52 Å². The molecule has 20 heavy (non-hydrogen) atoms. The van der Waals surface area contributed by atoms with Crippen molar-refractivity contribution in [1.82, 2.24) is 0 Å². The van der Waals surface area contributed by atoms with Gasteiger partial charge in [-0.2, -0.15) is 0 Å². The van der Waals surface area contributed by atoms with Crippen molar-refractivity contribution in [3.8, 4) is 5.75 Å².